The number of thioether (sulfide) groups is 1. The summed E-state index contributed by atoms with van der Waals surface area (Å²) in [5, 5.41) is 3.88. The van der Waals surface area contributed by atoms with E-state index in [1.165, 1.54) is 68.2 Å². The summed E-state index contributed by atoms with van der Waals surface area (Å²) in [5.41, 5.74) is 6.11. The molecule has 0 aromatic heterocycles. The molecule has 4 aromatic rings. The van der Waals surface area contributed by atoms with Gasteiger partial charge in [0.25, 0.3) is 11.8 Å². The number of unbranched alkanes of at least 4 members (excludes halogenated alkanes) is 9. The quantitative estimate of drug-likeness (QED) is 0.0670. The lowest BCUT2D eigenvalue weighted by atomic mass is 10.1. The number of amides is 2. The number of ether oxygens (including phenoxy) is 2. The van der Waals surface area contributed by atoms with E-state index in [0.717, 1.165) is 42.2 Å². The van der Waals surface area contributed by atoms with E-state index in [9.17, 15) is 14.4 Å². The summed E-state index contributed by atoms with van der Waals surface area (Å²) in [6.45, 7) is 8.09. The summed E-state index contributed by atoms with van der Waals surface area (Å²) in [6.07, 6.45) is 10.8. The Morgan fingerprint density at radius 1 is 0.883 bits per heavy atom. The van der Waals surface area contributed by atoms with Crippen LogP contribution in [0.25, 0.3) is 0 Å². The van der Waals surface area contributed by atoms with Crippen molar-refractivity contribution in [3.63, 3.8) is 0 Å². The molecule has 1 aliphatic rings. The molecule has 0 radical (unpaired) electrons. The number of carbonyl (C=O) groups is 3. The Balaban J connectivity index is 1.36. The van der Waals surface area contributed by atoms with Crippen LogP contribution in [0.4, 0.5) is 17.1 Å². The van der Waals surface area contributed by atoms with Gasteiger partial charge in [-0.2, -0.15) is 0 Å². The van der Waals surface area contributed by atoms with Crippen LogP contribution in [0.3, 0.4) is 0 Å². The zero-order valence-corrected chi connectivity index (χ0v) is 39.4. The molecule has 9 nitrogen and oxygen atoms in total. The molecular weight excluding hydrogens is 930 g/mol. The van der Waals surface area contributed by atoms with Crippen LogP contribution in [0.1, 0.15) is 99.5 Å². The monoisotopic (exact) mass is 976 g/mol. The molecule has 1 heterocycles. The first kappa shape index (κ1) is 47.6. The second kappa shape index (κ2) is 23.1. The molecule has 15 heteroatoms. The van der Waals surface area contributed by atoms with Crippen LogP contribution in [-0.4, -0.2) is 41.6 Å². The van der Waals surface area contributed by atoms with Gasteiger partial charge < -0.3 is 14.8 Å². The van der Waals surface area contributed by atoms with Crippen molar-refractivity contribution in [2.45, 2.75) is 108 Å². The van der Waals surface area contributed by atoms with Gasteiger partial charge in [-0.05, 0) is 91.1 Å². The molecule has 60 heavy (non-hydrogen) atoms. The lowest BCUT2D eigenvalue weighted by Gasteiger charge is -2.19. The maximum atomic E-state index is 14.4. The van der Waals surface area contributed by atoms with E-state index in [1.54, 1.807) is 37.3 Å². The van der Waals surface area contributed by atoms with E-state index >= 15 is 0 Å². The number of carbonyl (C=O) groups excluding carboxylic acids is 3. The van der Waals surface area contributed by atoms with E-state index in [4.69, 9.17) is 60.9 Å². The lowest BCUT2D eigenvalue weighted by Crippen LogP contribution is -2.36. The van der Waals surface area contributed by atoms with Crippen LogP contribution >= 0.6 is 74.1 Å². The Morgan fingerprint density at radius 2 is 1.53 bits per heavy atom. The van der Waals surface area contributed by atoms with Crippen molar-refractivity contribution in [2.75, 3.05) is 16.9 Å². The third kappa shape index (κ3) is 13.0. The van der Waals surface area contributed by atoms with Crippen molar-refractivity contribution in [3.05, 3.63) is 108 Å². The number of rotatable bonds is 20. The number of aryl methyl sites for hydroxylation is 2. The number of hydrogen-bond acceptors (Lipinski definition) is 7. The van der Waals surface area contributed by atoms with Crippen LogP contribution in [0.15, 0.2) is 81.1 Å². The van der Waals surface area contributed by atoms with Gasteiger partial charge in [-0.25, -0.2) is 14.8 Å². The molecule has 0 bridgehead atoms. The Morgan fingerprint density at radius 3 is 2.20 bits per heavy atom. The first-order chi connectivity index (χ1) is 28.8. The van der Waals surface area contributed by atoms with Crippen molar-refractivity contribution in [1.29, 1.82) is 0 Å². The maximum absolute atomic E-state index is 14.4. The molecule has 2 amide bonds. The van der Waals surface area contributed by atoms with Crippen molar-refractivity contribution in [1.82, 2.24) is 5.43 Å². The predicted molar refractivity (Wildman–Crippen MR) is 251 cm³/mol. The minimum atomic E-state index is -1.03. The number of para-hydroxylation sites is 1. The minimum Gasteiger partial charge on any atom is -0.481 e. The van der Waals surface area contributed by atoms with E-state index in [0.29, 0.717) is 20.8 Å². The second-order valence-corrected chi connectivity index (χ2v) is 18.3. The number of esters is 1. The molecule has 0 saturated carbocycles. The van der Waals surface area contributed by atoms with Crippen LogP contribution in [-0.2, 0) is 14.3 Å². The summed E-state index contributed by atoms with van der Waals surface area (Å²) in [4.78, 5) is 46.5. The fourth-order valence-corrected chi connectivity index (χ4v) is 9.43. The highest BCUT2D eigenvalue weighted by molar-refractivity contribution is 9.10. The van der Waals surface area contributed by atoms with Crippen molar-refractivity contribution < 1.29 is 23.9 Å². The number of nitrogens with one attached hydrogen (secondary N) is 2. The maximum Gasteiger partial charge on any atom is 0.339 e. The predicted octanol–water partition coefficient (Wildman–Crippen LogP) is 13.9. The summed E-state index contributed by atoms with van der Waals surface area (Å²) >= 11 is 30.7. The number of benzene rings is 4. The fraction of sp³-hybridized carbons (Fsp3) is 0.378. The molecular formula is C45H49BrCl4N4O5S. The van der Waals surface area contributed by atoms with Gasteiger partial charge in [-0.3, -0.25) is 15.0 Å². The zero-order valence-electron chi connectivity index (χ0n) is 34.0. The first-order valence-electron chi connectivity index (χ1n) is 20.1. The highest BCUT2D eigenvalue weighted by Gasteiger charge is 2.41. The van der Waals surface area contributed by atoms with E-state index < -0.39 is 23.2 Å². The summed E-state index contributed by atoms with van der Waals surface area (Å²) in [6, 6.07) is 18.9. The molecule has 0 aliphatic carbocycles. The fourth-order valence-electron chi connectivity index (χ4n) is 6.52. The number of anilines is 2. The van der Waals surface area contributed by atoms with Crippen LogP contribution in [0.5, 0.6) is 5.75 Å². The third-order valence-corrected chi connectivity index (χ3v) is 12.8. The molecule has 1 aliphatic heterocycles. The Labute approximate surface area is 385 Å². The summed E-state index contributed by atoms with van der Waals surface area (Å²) in [7, 11) is 0. The number of aliphatic imine (C=N–C) groups is 1. The Kier molecular flexibility index (Phi) is 18.3. The smallest absolute Gasteiger partial charge is 0.339 e. The number of hydrazine groups is 1. The zero-order chi connectivity index (χ0) is 43.3. The molecule has 320 valence electrons. The standard InChI is InChI=1S/C45H49BrCl4N4O5S/c1-5-6-7-8-9-10-11-12-13-16-21-58-45(57)31-25-37(33(48)26-32(31)46)51-42-41(44(56)54(53-42)40-34(49)23-30(47)24-35(40)50)60-39-18-15-14-17-36(39)52-43(55)29(4)59-38-20-19-27(2)22-28(38)3/h14-15,17-20,22-26,29,41H,5-13,16,21H2,1-4H3,(H,51,53)(H,52,55). The molecule has 2 unspecified atom stereocenters. The third-order valence-electron chi connectivity index (χ3n) is 9.75. The Hall–Kier alpha value is -3.45. The molecule has 2 N–H and O–H groups in total. The average Bonchev–Trinajstić information content (AvgIpc) is 3.48. The topological polar surface area (TPSA) is 109 Å². The highest BCUT2D eigenvalue weighted by atomic mass is 79.9. The molecule has 4 aromatic carbocycles. The SMILES string of the molecule is CCCCCCCCCCCCOC(=O)c1cc(N=C2NN(c3c(Cl)cc(Cl)cc3Cl)C(=O)C2Sc2ccccc2NC(=O)C(C)Oc2ccc(C)cc2C)c(Cl)cc1Br. The van der Waals surface area contributed by atoms with E-state index in [-0.39, 0.29) is 55.4 Å². The minimum absolute atomic E-state index is 0.123. The average molecular weight is 980 g/mol. The van der Waals surface area contributed by atoms with Crippen molar-refractivity contribution >= 4 is 115 Å². The van der Waals surface area contributed by atoms with Gasteiger partial charge in [0.15, 0.2) is 6.10 Å². The number of nitrogens with zero attached hydrogens (tertiary/aromatic N) is 2. The van der Waals surface area contributed by atoms with Crippen LogP contribution in [0.2, 0.25) is 20.1 Å². The van der Waals surface area contributed by atoms with Gasteiger partial charge in [0.1, 0.15) is 22.5 Å². The second-order valence-electron chi connectivity index (χ2n) is 14.6. The van der Waals surface area contributed by atoms with Crippen LogP contribution < -0.4 is 20.5 Å². The molecule has 2 atom stereocenters. The molecule has 5 rings (SSSR count). The number of hydrogen-bond donors (Lipinski definition) is 2. The van der Waals surface area contributed by atoms with Gasteiger partial charge in [0.05, 0.1) is 38.6 Å². The largest absolute Gasteiger partial charge is 0.481 e. The normalized spacial score (nSPS) is 14.9. The first-order valence-corrected chi connectivity index (χ1v) is 23.3. The van der Waals surface area contributed by atoms with Gasteiger partial charge >= 0.3 is 5.97 Å². The van der Waals surface area contributed by atoms with Gasteiger partial charge in [0.2, 0.25) is 0 Å². The lowest BCUT2D eigenvalue weighted by molar-refractivity contribution is -0.122. The van der Waals surface area contributed by atoms with E-state index in [2.05, 4.69) is 33.6 Å². The molecule has 1 fully saturated rings. The van der Waals surface area contributed by atoms with Gasteiger partial charge in [0, 0.05) is 14.4 Å². The summed E-state index contributed by atoms with van der Waals surface area (Å²) < 4.78 is 12.1. The van der Waals surface area contributed by atoms with Crippen molar-refractivity contribution in [2.24, 2.45) is 4.99 Å². The van der Waals surface area contributed by atoms with Crippen LogP contribution in [0, 0.1) is 13.8 Å². The molecule has 1 saturated heterocycles. The highest BCUT2D eigenvalue weighted by Crippen LogP contribution is 2.42. The van der Waals surface area contributed by atoms with E-state index in [1.807, 2.05) is 32.0 Å². The number of amidine groups is 1. The molecule has 0 spiro atoms. The van der Waals surface area contributed by atoms with Gasteiger partial charge in [-0.1, -0.05) is 141 Å². The van der Waals surface area contributed by atoms with Crippen molar-refractivity contribution in [3.8, 4) is 5.75 Å². The summed E-state index contributed by atoms with van der Waals surface area (Å²) in [5.74, 6) is -0.621. The van der Waals surface area contributed by atoms with Gasteiger partial charge in [-0.15, -0.1) is 11.8 Å². The number of halogens is 5. The Bertz CT molecular complexity index is 2190.